The maximum Gasteiger partial charge on any atom is 0.0413 e. The van der Waals surface area contributed by atoms with E-state index in [0.717, 1.165) is 18.5 Å². The summed E-state index contributed by atoms with van der Waals surface area (Å²) in [6.45, 7) is 0. The molecule has 0 saturated carbocycles. The number of benzene rings is 2. The van der Waals surface area contributed by atoms with Gasteiger partial charge in [-0.3, -0.25) is 4.98 Å². The number of rotatable bonds is 3. The third kappa shape index (κ3) is 2.40. The first-order chi connectivity index (χ1) is 8.92. The van der Waals surface area contributed by atoms with E-state index in [0.29, 0.717) is 0 Å². The van der Waals surface area contributed by atoms with Gasteiger partial charge in [-0.05, 0) is 29.9 Å². The van der Waals surface area contributed by atoms with Crippen molar-refractivity contribution in [3.05, 3.63) is 78.1 Å². The summed E-state index contributed by atoms with van der Waals surface area (Å²) in [6.07, 6.45) is 4.01. The van der Waals surface area contributed by atoms with Gasteiger partial charge in [0.2, 0.25) is 0 Å². The van der Waals surface area contributed by atoms with E-state index in [1.807, 2.05) is 12.3 Å². The molecule has 88 valence electrons. The minimum Gasteiger partial charge on any atom is -0.261 e. The van der Waals surface area contributed by atoms with Crippen LogP contribution in [0.5, 0.6) is 0 Å². The van der Waals surface area contributed by atoms with E-state index in [1.165, 1.54) is 16.3 Å². The molecule has 0 aliphatic rings. The molecule has 0 atom stereocenters. The van der Waals surface area contributed by atoms with Crippen LogP contribution >= 0.6 is 0 Å². The first-order valence-corrected chi connectivity index (χ1v) is 6.29. The second-order valence-corrected chi connectivity index (χ2v) is 4.51. The van der Waals surface area contributed by atoms with Crippen LogP contribution in [0.2, 0.25) is 0 Å². The van der Waals surface area contributed by atoms with Gasteiger partial charge in [0.05, 0.1) is 0 Å². The van der Waals surface area contributed by atoms with Crippen LogP contribution < -0.4 is 0 Å². The van der Waals surface area contributed by atoms with Crippen LogP contribution in [0.1, 0.15) is 11.3 Å². The van der Waals surface area contributed by atoms with Gasteiger partial charge in [-0.1, -0.05) is 54.6 Å². The fourth-order valence-corrected chi connectivity index (χ4v) is 2.18. The number of aryl methyl sites for hydroxylation is 2. The van der Waals surface area contributed by atoms with Crippen LogP contribution in [0, 0.1) is 0 Å². The molecule has 0 saturated heterocycles. The third-order valence-corrected chi connectivity index (χ3v) is 3.20. The highest BCUT2D eigenvalue weighted by Gasteiger charge is 1.99. The van der Waals surface area contributed by atoms with Gasteiger partial charge in [0.1, 0.15) is 0 Å². The van der Waals surface area contributed by atoms with Gasteiger partial charge < -0.3 is 0 Å². The Labute approximate surface area is 107 Å². The van der Waals surface area contributed by atoms with Gasteiger partial charge >= 0.3 is 0 Å². The van der Waals surface area contributed by atoms with Gasteiger partial charge in [0.25, 0.3) is 0 Å². The Morgan fingerprint density at radius 3 is 2.28 bits per heavy atom. The summed E-state index contributed by atoms with van der Waals surface area (Å²) < 4.78 is 0. The molecule has 18 heavy (non-hydrogen) atoms. The second kappa shape index (κ2) is 5.01. The average molecular weight is 233 g/mol. The van der Waals surface area contributed by atoms with E-state index in [4.69, 9.17) is 0 Å². The largest absolute Gasteiger partial charge is 0.261 e. The second-order valence-electron chi connectivity index (χ2n) is 4.51. The summed E-state index contributed by atoms with van der Waals surface area (Å²) in [5.41, 5.74) is 2.53. The summed E-state index contributed by atoms with van der Waals surface area (Å²) in [7, 11) is 0. The molecule has 0 N–H and O–H groups in total. The molecule has 0 bridgehead atoms. The number of pyridine rings is 1. The molecular weight excluding hydrogens is 218 g/mol. The lowest BCUT2D eigenvalue weighted by atomic mass is 10.1. The molecule has 3 aromatic rings. The van der Waals surface area contributed by atoms with E-state index in [9.17, 15) is 0 Å². The van der Waals surface area contributed by atoms with Crippen LogP contribution in [0.4, 0.5) is 0 Å². The van der Waals surface area contributed by atoms with E-state index in [-0.39, 0.29) is 0 Å². The van der Waals surface area contributed by atoms with Gasteiger partial charge in [-0.25, -0.2) is 0 Å². The number of fused-ring (bicyclic) bond motifs is 1. The molecule has 0 aliphatic carbocycles. The quantitative estimate of drug-likeness (QED) is 0.665. The van der Waals surface area contributed by atoms with Crippen LogP contribution in [0.3, 0.4) is 0 Å². The zero-order valence-corrected chi connectivity index (χ0v) is 10.2. The summed E-state index contributed by atoms with van der Waals surface area (Å²) in [5, 5.41) is 2.48. The zero-order valence-electron chi connectivity index (χ0n) is 10.2. The lowest BCUT2D eigenvalue weighted by molar-refractivity contribution is 0.918. The maximum atomic E-state index is 4.52. The fraction of sp³-hybridized carbons (Fsp3) is 0.118. The minimum atomic E-state index is 0.995. The van der Waals surface area contributed by atoms with Crippen molar-refractivity contribution in [3.8, 4) is 0 Å². The van der Waals surface area contributed by atoms with Gasteiger partial charge in [-0.2, -0.15) is 0 Å². The standard InChI is InChI=1S/C17H15N/c1-2-6-14(7-3-1)10-11-17-12-15-8-4-5-9-16(15)13-18-17/h1-9,12-13H,10-11H2. The van der Waals surface area contributed by atoms with Crippen molar-refractivity contribution in [2.45, 2.75) is 12.8 Å². The molecule has 1 heteroatoms. The third-order valence-electron chi connectivity index (χ3n) is 3.20. The Kier molecular flexibility index (Phi) is 3.05. The van der Waals surface area contributed by atoms with Crippen molar-refractivity contribution < 1.29 is 0 Å². The molecule has 0 radical (unpaired) electrons. The lowest BCUT2D eigenvalue weighted by Crippen LogP contribution is -1.94. The SMILES string of the molecule is c1ccc(CCc2cc3ccccc3cn2)cc1. The summed E-state index contributed by atoms with van der Waals surface area (Å²) >= 11 is 0. The van der Waals surface area contributed by atoms with Gasteiger partial charge in [-0.15, -0.1) is 0 Å². The number of aromatic nitrogens is 1. The Bertz CT molecular complexity index is 644. The number of nitrogens with zero attached hydrogens (tertiary/aromatic N) is 1. The first kappa shape index (κ1) is 11.0. The number of hydrogen-bond acceptors (Lipinski definition) is 1. The maximum absolute atomic E-state index is 4.52. The van der Waals surface area contributed by atoms with Crippen molar-refractivity contribution in [2.24, 2.45) is 0 Å². The molecule has 2 aromatic carbocycles. The molecule has 1 heterocycles. The fourth-order valence-electron chi connectivity index (χ4n) is 2.18. The van der Waals surface area contributed by atoms with Gasteiger partial charge in [0.15, 0.2) is 0 Å². The average Bonchev–Trinajstić information content (AvgIpc) is 2.46. The molecule has 0 spiro atoms. The highest BCUT2D eigenvalue weighted by molar-refractivity contribution is 5.81. The predicted octanol–water partition coefficient (Wildman–Crippen LogP) is 4.02. The smallest absolute Gasteiger partial charge is 0.0413 e. The predicted molar refractivity (Wildman–Crippen MR) is 75.6 cm³/mol. The van der Waals surface area contributed by atoms with E-state index in [1.54, 1.807) is 0 Å². The van der Waals surface area contributed by atoms with E-state index >= 15 is 0 Å². The summed E-state index contributed by atoms with van der Waals surface area (Å²) in [4.78, 5) is 4.52. The van der Waals surface area contributed by atoms with E-state index < -0.39 is 0 Å². The van der Waals surface area contributed by atoms with Crippen molar-refractivity contribution in [2.75, 3.05) is 0 Å². The molecule has 0 amide bonds. The van der Waals surface area contributed by atoms with Crippen molar-refractivity contribution in [3.63, 3.8) is 0 Å². The molecule has 0 fully saturated rings. The van der Waals surface area contributed by atoms with Crippen LogP contribution in [-0.4, -0.2) is 4.98 Å². The first-order valence-electron chi connectivity index (χ1n) is 6.29. The normalized spacial score (nSPS) is 10.7. The topological polar surface area (TPSA) is 12.9 Å². The molecule has 1 aromatic heterocycles. The highest BCUT2D eigenvalue weighted by atomic mass is 14.7. The monoisotopic (exact) mass is 233 g/mol. The van der Waals surface area contributed by atoms with Crippen molar-refractivity contribution in [1.82, 2.24) is 4.98 Å². The Hall–Kier alpha value is -2.15. The highest BCUT2D eigenvalue weighted by Crippen LogP contribution is 2.14. The Morgan fingerprint density at radius 1 is 0.722 bits per heavy atom. The Balaban J connectivity index is 1.79. The Morgan fingerprint density at radius 2 is 1.44 bits per heavy atom. The molecule has 0 aliphatic heterocycles. The summed E-state index contributed by atoms with van der Waals surface area (Å²) in [5.74, 6) is 0. The summed E-state index contributed by atoms with van der Waals surface area (Å²) in [6, 6.07) is 21.1. The number of hydrogen-bond donors (Lipinski definition) is 0. The molecule has 3 rings (SSSR count). The van der Waals surface area contributed by atoms with E-state index in [2.05, 4.69) is 59.6 Å². The molecule has 0 unspecified atom stereocenters. The van der Waals surface area contributed by atoms with Crippen molar-refractivity contribution >= 4 is 10.8 Å². The van der Waals surface area contributed by atoms with Gasteiger partial charge in [0, 0.05) is 17.3 Å². The van der Waals surface area contributed by atoms with Crippen LogP contribution in [-0.2, 0) is 12.8 Å². The molecule has 1 nitrogen and oxygen atoms in total. The van der Waals surface area contributed by atoms with Crippen molar-refractivity contribution in [1.29, 1.82) is 0 Å². The lowest BCUT2D eigenvalue weighted by Gasteiger charge is -2.03. The van der Waals surface area contributed by atoms with Crippen LogP contribution in [0.25, 0.3) is 10.8 Å². The van der Waals surface area contributed by atoms with Crippen LogP contribution in [0.15, 0.2) is 66.9 Å². The minimum absolute atomic E-state index is 0.995. The molecular formula is C17H15N. The zero-order chi connectivity index (χ0) is 12.2.